The maximum Gasteiger partial charge on any atom is 0.147 e. The Hall–Kier alpha value is -1.32. The first-order valence-corrected chi connectivity index (χ1v) is 4.99. The minimum atomic E-state index is 0.465. The summed E-state index contributed by atoms with van der Waals surface area (Å²) in [6.07, 6.45) is 5.53. The highest BCUT2D eigenvalue weighted by atomic mass is 15.2. The number of anilines is 2. The molecule has 1 aromatic heterocycles. The molecule has 0 bridgehead atoms. The SMILES string of the molecule is CCC(CC)N(C)c1cnc(N)cn1. The van der Waals surface area contributed by atoms with Crippen molar-refractivity contribution < 1.29 is 0 Å². The second-order valence-electron chi connectivity index (χ2n) is 3.38. The molecule has 0 aliphatic carbocycles. The van der Waals surface area contributed by atoms with E-state index in [-0.39, 0.29) is 0 Å². The zero-order valence-corrected chi connectivity index (χ0v) is 9.07. The molecule has 78 valence electrons. The average molecular weight is 194 g/mol. The molecule has 0 aliphatic rings. The van der Waals surface area contributed by atoms with Crippen molar-refractivity contribution in [3.63, 3.8) is 0 Å². The Kier molecular flexibility index (Phi) is 3.68. The van der Waals surface area contributed by atoms with Crippen molar-refractivity contribution >= 4 is 11.6 Å². The number of aromatic nitrogens is 2. The van der Waals surface area contributed by atoms with E-state index in [1.807, 2.05) is 7.05 Å². The van der Waals surface area contributed by atoms with Gasteiger partial charge in [-0.15, -0.1) is 0 Å². The molecule has 0 amide bonds. The number of nitrogen functional groups attached to an aromatic ring is 1. The van der Waals surface area contributed by atoms with Crippen molar-refractivity contribution in [3.05, 3.63) is 12.4 Å². The molecule has 0 atom stereocenters. The van der Waals surface area contributed by atoms with Crippen LogP contribution in [0.15, 0.2) is 12.4 Å². The molecule has 4 nitrogen and oxygen atoms in total. The fraction of sp³-hybridized carbons (Fsp3) is 0.600. The fourth-order valence-corrected chi connectivity index (χ4v) is 1.54. The summed E-state index contributed by atoms with van der Waals surface area (Å²) in [6, 6.07) is 0.521. The van der Waals surface area contributed by atoms with Crippen molar-refractivity contribution in [2.24, 2.45) is 0 Å². The molecule has 4 heteroatoms. The molecule has 14 heavy (non-hydrogen) atoms. The van der Waals surface area contributed by atoms with Crippen molar-refractivity contribution in [2.75, 3.05) is 17.7 Å². The molecule has 0 spiro atoms. The van der Waals surface area contributed by atoms with Crippen LogP contribution in [0.1, 0.15) is 26.7 Å². The molecule has 2 N–H and O–H groups in total. The van der Waals surface area contributed by atoms with E-state index in [4.69, 9.17) is 5.73 Å². The van der Waals surface area contributed by atoms with Crippen LogP contribution in [0.2, 0.25) is 0 Å². The Morgan fingerprint density at radius 3 is 2.36 bits per heavy atom. The van der Waals surface area contributed by atoms with Gasteiger partial charge in [0.05, 0.1) is 12.4 Å². The molecule has 1 aromatic rings. The molecule has 0 aromatic carbocycles. The van der Waals surface area contributed by atoms with E-state index in [0.29, 0.717) is 11.9 Å². The Labute approximate surface area is 85.2 Å². The Morgan fingerprint density at radius 2 is 1.93 bits per heavy atom. The highest BCUT2D eigenvalue weighted by molar-refractivity contribution is 5.39. The largest absolute Gasteiger partial charge is 0.382 e. The van der Waals surface area contributed by atoms with Gasteiger partial charge in [0.2, 0.25) is 0 Å². The van der Waals surface area contributed by atoms with E-state index in [9.17, 15) is 0 Å². The summed E-state index contributed by atoms with van der Waals surface area (Å²) in [5, 5.41) is 0. The number of nitrogens with zero attached hydrogens (tertiary/aromatic N) is 3. The zero-order chi connectivity index (χ0) is 10.6. The molecule has 0 saturated heterocycles. The van der Waals surface area contributed by atoms with Gasteiger partial charge in [-0.25, -0.2) is 9.97 Å². The van der Waals surface area contributed by atoms with Crippen LogP contribution in [0, 0.1) is 0 Å². The predicted molar refractivity (Wildman–Crippen MR) is 59.2 cm³/mol. The standard InChI is InChI=1S/C10H18N4/c1-4-8(5-2)14(3)10-7-12-9(11)6-13-10/h6-8H,4-5H2,1-3H3,(H2,11,12). The third-order valence-electron chi connectivity index (χ3n) is 2.51. The normalized spacial score (nSPS) is 10.6. The molecule has 0 radical (unpaired) electrons. The first kappa shape index (κ1) is 10.8. The lowest BCUT2D eigenvalue weighted by Gasteiger charge is -2.26. The van der Waals surface area contributed by atoms with Gasteiger partial charge in [0.15, 0.2) is 0 Å². The van der Waals surface area contributed by atoms with E-state index in [0.717, 1.165) is 18.7 Å². The maximum absolute atomic E-state index is 5.48. The van der Waals surface area contributed by atoms with Gasteiger partial charge in [-0.1, -0.05) is 13.8 Å². The highest BCUT2D eigenvalue weighted by Crippen LogP contribution is 2.14. The van der Waals surface area contributed by atoms with Crippen molar-refractivity contribution in [1.82, 2.24) is 9.97 Å². The number of hydrogen-bond acceptors (Lipinski definition) is 4. The average Bonchev–Trinajstić information content (AvgIpc) is 2.20. The summed E-state index contributed by atoms with van der Waals surface area (Å²) in [7, 11) is 2.04. The molecule has 1 rings (SSSR count). The Morgan fingerprint density at radius 1 is 1.29 bits per heavy atom. The van der Waals surface area contributed by atoms with Crippen LogP contribution in [-0.4, -0.2) is 23.1 Å². The Balaban J connectivity index is 2.77. The van der Waals surface area contributed by atoms with Gasteiger partial charge < -0.3 is 10.6 Å². The molecule has 1 heterocycles. The monoisotopic (exact) mass is 194 g/mol. The van der Waals surface area contributed by atoms with Crippen LogP contribution in [0.25, 0.3) is 0 Å². The second kappa shape index (κ2) is 4.79. The topological polar surface area (TPSA) is 55.0 Å². The third-order valence-corrected chi connectivity index (χ3v) is 2.51. The summed E-state index contributed by atoms with van der Waals surface area (Å²) in [4.78, 5) is 10.4. The van der Waals surface area contributed by atoms with Crippen LogP contribution < -0.4 is 10.6 Å². The molecular formula is C10H18N4. The van der Waals surface area contributed by atoms with Gasteiger partial charge in [-0.2, -0.15) is 0 Å². The minimum absolute atomic E-state index is 0.465. The summed E-state index contributed by atoms with van der Waals surface area (Å²) >= 11 is 0. The lowest BCUT2D eigenvalue weighted by molar-refractivity contribution is 0.586. The molecule has 0 fully saturated rings. The molecule has 0 saturated carbocycles. The number of hydrogen-bond donors (Lipinski definition) is 1. The molecule has 0 aliphatic heterocycles. The van der Waals surface area contributed by atoms with E-state index in [1.54, 1.807) is 12.4 Å². The lowest BCUT2D eigenvalue weighted by atomic mass is 10.1. The van der Waals surface area contributed by atoms with Crippen molar-refractivity contribution in [3.8, 4) is 0 Å². The minimum Gasteiger partial charge on any atom is -0.382 e. The highest BCUT2D eigenvalue weighted by Gasteiger charge is 2.11. The fourth-order valence-electron chi connectivity index (χ4n) is 1.54. The molecule has 0 unspecified atom stereocenters. The van der Waals surface area contributed by atoms with Crippen LogP contribution in [0.4, 0.5) is 11.6 Å². The zero-order valence-electron chi connectivity index (χ0n) is 9.07. The number of rotatable bonds is 4. The second-order valence-corrected chi connectivity index (χ2v) is 3.38. The summed E-state index contributed by atoms with van der Waals surface area (Å²) in [6.45, 7) is 4.35. The van der Waals surface area contributed by atoms with E-state index in [2.05, 4.69) is 28.7 Å². The summed E-state index contributed by atoms with van der Waals surface area (Å²) in [5.74, 6) is 1.35. The first-order chi connectivity index (χ1) is 6.69. The van der Waals surface area contributed by atoms with Crippen LogP contribution in [-0.2, 0) is 0 Å². The lowest BCUT2D eigenvalue weighted by Crippen LogP contribution is -2.31. The third kappa shape index (κ3) is 2.34. The maximum atomic E-state index is 5.48. The van der Waals surface area contributed by atoms with Gasteiger partial charge >= 0.3 is 0 Å². The van der Waals surface area contributed by atoms with Gasteiger partial charge in [0, 0.05) is 13.1 Å². The quantitative estimate of drug-likeness (QED) is 0.792. The Bertz CT molecular complexity index is 266. The smallest absolute Gasteiger partial charge is 0.147 e. The van der Waals surface area contributed by atoms with Gasteiger partial charge in [0.1, 0.15) is 11.6 Å². The van der Waals surface area contributed by atoms with Gasteiger partial charge in [0.25, 0.3) is 0 Å². The molecular weight excluding hydrogens is 176 g/mol. The van der Waals surface area contributed by atoms with Crippen LogP contribution in [0.3, 0.4) is 0 Å². The van der Waals surface area contributed by atoms with Crippen molar-refractivity contribution in [2.45, 2.75) is 32.7 Å². The van der Waals surface area contributed by atoms with E-state index in [1.165, 1.54) is 0 Å². The van der Waals surface area contributed by atoms with Crippen LogP contribution in [0.5, 0.6) is 0 Å². The summed E-state index contributed by atoms with van der Waals surface area (Å²) < 4.78 is 0. The predicted octanol–water partition coefficient (Wildman–Crippen LogP) is 1.68. The first-order valence-electron chi connectivity index (χ1n) is 4.99. The van der Waals surface area contributed by atoms with Gasteiger partial charge in [-0.05, 0) is 12.8 Å². The van der Waals surface area contributed by atoms with Crippen molar-refractivity contribution in [1.29, 1.82) is 0 Å². The summed E-state index contributed by atoms with van der Waals surface area (Å²) in [5.41, 5.74) is 5.48. The van der Waals surface area contributed by atoms with E-state index >= 15 is 0 Å². The van der Waals surface area contributed by atoms with Gasteiger partial charge in [-0.3, -0.25) is 0 Å². The van der Waals surface area contributed by atoms with Crippen LogP contribution >= 0.6 is 0 Å². The number of nitrogens with two attached hydrogens (primary N) is 1. The van der Waals surface area contributed by atoms with E-state index < -0.39 is 0 Å².